The molecule has 0 aliphatic carbocycles. The van der Waals surface area contributed by atoms with Gasteiger partial charge in [-0.2, -0.15) is 13.7 Å². The van der Waals surface area contributed by atoms with Crippen LogP contribution >= 0.6 is 11.3 Å². The summed E-state index contributed by atoms with van der Waals surface area (Å²) in [6, 6.07) is 8.03. The Balaban J connectivity index is 1.56. The lowest BCUT2D eigenvalue weighted by molar-refractivity contribution is -0.00310. The van der Waals surface area contributed by atoms with Crippen molar-refractivity contribution in [2.45, 2.75) is 34.1 Å². The normalized spacial score (nSPS) is 11.8. The second-order valence-electron chi connectivity index (χ2n) is 10.3. The maximum atomic E-state index is 11.2. The molecule has 2 rings (SSSR count). The highest BCUT2D eigenvalue weighted by Gasteiger charge is 2.14. The first kappa shape index (κ1) is 39.4. The third kappa shape index (κ3) is 14.7. The van der Waals surface area contributed by atoms with Crippen LogP contribution in [0.2, 0.25) is 0 Å². The van der Waals surface area contributed by atoms with Crippen molar-refractivity contribution in [1.29, 1.82) is 5.26 Å². The van der Waals surface area contributed by atoms with Crippen molar-refractivity contribution in [2.75, 3.05) is 96.2 Å². The quantitative estimate of drug-likeness (QED) is 0.0652. The van der Waals surface area contributed by atoms with E-state index in [0.717, 1.165) is 48.5 Å². The zero-order chi connectivity index (χ0) is 33.8. The average Bonchev–Trinajstić information content (AvgIpc) is 3.34. The summed E-state index contributed by atoms with van der Waals surface area (Å²) in [4.78, 5) is 16.0. The maximum Gasteiger partial charge on any atom is 0.264 e. The number of thiophene rings is 1. The summed E-state index contributed by atoms with van der Waals surface area (Å²) in [6.45, 7) is 15.2. The van der Waals surface area contributed by atoms with E-state index in [1.54, 1.807) is 6.92 Å². The van der Waals surface area contributed by atoms with Gasteiger partial charge >= 0.3 is 0 Å². The zero-order valence-electron chi connectivity index (χ0n) is 27.3. The molecule has 0 spiro atoms. The molecule has 1 heterocycles. The van der Waals surface area contributed by atoms with E-state index < -0.39 is 10.1 Å². The molecule has 0 aliphatic rings. The van der Waals surface area contributed by atoms with Gasteiger partial charge in [0.15, 0.2) is 11.3 Å². The Morgan fingerprint density at radius 2 is 1.52 bits per heavy atom. The van der Waals surface area contributed by atoms with Gasteiger partial charge in [-0.15, -0.1) is 21.6 Å². The molecule has 15 heteroatoms. The van der Waals surface area contributed by atoms with Crippen LogP contribution in [0.15, 0.2) is 28.4 Å². The van der Waals surface area contributed by atoms with Crippen LogP contribution in [0.5, 0.6) is 0 Å². The Bertz CT molecular complexity index is 1380. The molecule has 0 radical (unpaired) electrons. The molecular formula is C31H47N5O8S2. The third-order valence-corrected chi connectivity index (χ3v) is 8.96. The SMILES string of the molecule is CCN(CCCS(=O)(=O)O)CCOCCOCCOCCOCCN(CC)c1ccc(/N=N/c2sc(C=O)c(C)c2C#N)c(C)c1. The number of aryl methyl sites for hydroxylation is 1. The molecule has 0 aliphatic heterocycles. The van der Waals surface area contributed by atoms with Gasteiger partial charge in [-0.05, 0) is 69.6 Å². The molecule has 1 N–H and O–H groups in total. The predicted molar refractivity (Wildman–Crippen MR) is 179 cm³/mol. The van der Waals surface area contributed by atoms with Crippen LogP contribution in [0.25, 0.3) is 0 Å². The number of nitriles is 1. The van der Waals surface area contributed by atoms with Crippen molar-refractivity contribution in [3.05, 3.63) is 39.8 Å². The molecule has 0 amide bonds. The lowest BCUT2D eigenvalue weighted by Crippen LogP contribution is -2.30. The molecule has 13 nitrogen and oxygen atoms in total. The smallest absolute Gasteiger partial charge is 0.264 e. The lowest BCUT2D eigenvalue weighted by Gasteiger charge is -2.23. The summed E-state index contributed by atoms with van der Waals surface area (Å²) >= 11 is 1.16. The average molecular weight is 682 g/mol. The number of nitrogens with zero attached hydrogens (tertiary/aromatic N) is 5. The summed E-state index contributed by atoms with van der Waals surface area (Å²) in [5.74, 6) is -0.230. The van der Waals surface area contributed by atoms with Crippen molar-refractivity contribution < 1.29 is 36.7 Å². The van der Waals surface area contributed by atoms with E-state index in [9.17, 15) is 18.5 Å². The van der Waals surface area contributed by atoms with Crippen molar-refractivity contribution in [3.8, 4) is 6.07 Å². The van der Waals surface area contributed by atoms with Gasteiger partial charge in [-0.25, -0.2) is 0 Å². The van der Waals surface area contributed by atoms with Crippen molar-refractivity contribution in [1.82, 2.24) is 4.90 Å². The number of likely N-dealkylation sites (N-methyl/N-ethyl adjacent to an activating group) is 2. The van der Waals surface area contributed by atoms with E-state index in [2.05, 4.69) is 33.0 Å². The summed E-state index contributed by atoms with van der Waals surface area (Å²) < 4.78 is 52.9. The van der Waals surface area contributed by atoms with Gasteiger partial charge in [0, 0.05) is 25.3 Å². The number of anilines is 1. The minimum atomic E-state index is -3.91. The molecule has 2 aromatic rings. The van der Waals surface area contributed by atoms with Gasteiger partial charge < -0.3 is 28.7 Å². The van der Waals surface area contributed by atoms with Crippen LogP contribution < -0.4 is 4.90 Å². The Hall–Kier alpha value is -2.81. The molecule has 1 aromatic heterocycles. The predicted octanol–water partition coefficient (Wildman–Crippen LogP) is 4.96. The van der Waals surface area contributed by atoms with Crippen molar-refractivity contribution in [2.24, 2.45) is 10.2 Å². The fourth-order valence-corrected chi connectivity index (χ4v) is 5.76. The van der Waals surface area contributed by atoms with Crippen molar-refractivity contribution in [3.63, 3.8) is 0 Å². The molecule has 0 unspecified atom stereocenters. The summed E-state index contributed by atoms with van der Waals surface area (Å²) in [6.07, 6.45) is 1.12. The molecule has 0 saturated carbocycles. The summed E-state index contributed by atoms with van der Waals surface area (Å²) in [5.41, 5.74) is 3.70. The Labute approximate surface area is 276 Å². The monoisotopic (exact) mass is 681 g/mol. The number of aldehydes is 1. The second-order valence-corrected chi connectivity index (χ2v) is 12.9. The van der Waals surface area contributed by atoms with Gasteiger partial charge in [-0.3, -0.25) is 9.35 Å². The molecule has 0 bridgehead atoms. The minimum absolute atomic E-state index is 0.230. The maximum absolute atomic E-state index is 11.2. The van der Waals surface area contributed by atoms with E-state index in [4.69, 9.17) is 23.5 Å². The molecule has 0 atom stereocenters. The Morgan fingerprint density at radius 1 is 0.913 bits per heavy atom. The number of azo groups is 1. The highest BCUT2D eigenvalue weighted by molar-refractivity contribution is 7.85. The van der Waals surface area contributed by atoms with Gasteiger partial charge in [0.05, 0.1) is 74.7 Å². The van der Waals surface area contributed by atoms with Gasteiger partial charge in [0.25, 0.3) is 10.1 Å². The largest absolute Gasteiger partial charge is 0.378 e. The number of hydrogen-bond donors (Lipinski definition) is 1. The number of carbonyl (C=O) groups is 1. The fraction of sp³-hybridized carbons (Fsp3) is 0.613. The van der Waals surface area contributed by atoms with Crippen LogP contribution in [0.3, 0.4) is 0 Å². The first-order chi connectivity index (χ1) is 22.1. The number of ether oxygens (including phenoxy) is 4. The first-order valence-corrected chi connectivity index (χ1v) is 17.8. The first-order valence-electron chi connectivity index (χ1n) is 15.4. The topological polar surface area (TPSA) is 163 Å². The Kier molecular flexibility index (Phi) is 18.7. The molecule has 46 heavy (non-hydrogen) atoms. The van der Waals surface area contributed by atoms with Gasteiger partial charge in [0.1, 0.15) is 6.07 Å². The molecule has 0 saturated heterocycles. The van der Waals surface area contributed by atoms with E-state index in [1.165, 1.54) is 0 Å². The molecular weight excluding hydrogens is 635 g/mol. The molecule has 0 fully saturated rings. The number of hydrogen-bond acceptors (Lipinski definition) is 13. The summed E-state index contributed by atoms with van der Waals surface area (Å²) in [5, 5.41) is 18.4. The van der Waals surface area contributed by atoms with Gasteiger partial charge in [0.2, 0.25) is 0 Å². The number of rotatable bonds is 25. The molecule has 1 aromatic carbocycles. The summed E-state index contributed by atoms with van der Waals surface area (Å²) in [7, 11) is -3.91. The van der Waals surface area contributed by atoms with Gasteiger partial charge in [-0.1, -0.05) is 6.92 Å². The highest BCUT2D eigenvalue weighted by atomic mass is 32.2. The van der Waals surface area contributed by atoms with Crippen LogP contribution in [-0.4, -0.2) is 115 Å². The zero-order valence-corrected chi connectivity index (χ0v) is 28.9. The van der Waals surface area contributed by atoms with E-state index >= 15 is 0 Å². The minimum Gasteiger partial charge on any atom is -0.378 e. The number of benzene rings is 1. The van der Waals surface area contributed by atoms with E-state index in [0.29, 0.717) is 99.1 Å². The third-order valence-electron chi connectivity index (χ3n) is 7.06. The van der Waals surface area contributed by atoms with Crippen LogP contribution in [0.1, 0.15) is 46.6 Å². The lowest BCUT2D eigenvalue weighted by atomic mass is 10.1. The van der Waals surface area contributed by atoms with Crippen LogP contribution in [0.4, 0.5) is 16.4 Å². The standard InChI is InChI=1S/C31H47N5O8S2/c1-5-35(10-7-21-46(38,39)40)11-13-41-15-17-43-19-20-44-18-16-42-14-12-36(6-2)27-8-9-29(25(3)22-27)33-34-31-28(23-32)26(4)30(24-37)45-31/h8-9,22,24H,5-7,10-21H2,1-4H3,(H,38,39,40)/b34-33+. The Morgan fingerprint density at radius 3 is 2.04 bits per heavy atom. The number of carbonyl (C=O) groups excluding carboxylic acids is 1. The highest BCUT2D eigenvalue weighted by Crippen LogP contribution is 2.35. The van der Waals surface area contributed by atoms with Crippen molar-refractivity contribution >= 4 is 44.1 Å². The van der Waals surface area contributed by atoms with Crippen LogP contribution in [-0.2, 0) is 29.1 Å². The molecule has 256 valence electrons. The fourth-order valence-electron chi connectivity index (χ4n) is 4.38. The second kappa shape index (κ2) is 21.9. The van der Waals surface area contributed by atoms with E-state index in [1.807, 2.05) is 32.0 Å². The van der Waals surface area contributed by atoms with E-state index in [-0.39, 0.29) is 5.75 Å². The van der Waals surface area contributed by atoms with Crippen LogP contribution in [0, 0.1) is 25.2 Å².